The Bertz CT molecular complexity index is 354. The van der Waals surface area contributed by atoms with Crippen LogP contribution in [0.25, 0.3) is 0 Å². The Morgan fingerprint density at radius 3 is 1.87 bits per heavy atom. The first kappa shape index (κ1) is 11.8. The molecule has 15 heavy (non-hydrogen) atoms. The van der Waals surface area contributed by atoms with Gasteiger partial charge in [0.25, 0.3) is 0 Å². The lowest BCUT2D eigenvalue weighted by atomic mass is 10.0. The van der Waals surface area contributed by atoms with Gasteiger partial charge in [0.05, 0.1) is 11.1 Å². The van der Waals surface area contributed by atoms with E-state index in [1.165, 1.54) is 0 Å². The van der Waals surface area contributed by atoms with Gasteiger partial charge in [0, 0.05) is 0 Å². The highest BCUT2D eigenvalue weighted by Crippen LogP contribution is 2.39. The summed E-state index contributed by atoms with van der Waals surface area (Å²) in [5, 5.41) is 0. The predicted octanol–water partition coefficient (Wildman–Crippen LogP) is 2.41. The lowest BCUT2D eigenvalue weighted by Gasteiger charge is -2.12. The monoisotopic (exact) mass is 227 g/mol. The van der Waals surface area contributed by atoms with E-state index in [0.29, 0.717) is 0 Å². The highest BCUT2D eigenvalue weighted by atomic mass is 19.4. The van der Waals surface area contributed by atoms with Crippen molar-refractivity contribution in [3.63, 3.8) is 0 Å². The summed E-state index contributed by atoms with van der Waals surface area (Å²) in [6.07, 6.45) is -6.74. The smallest absolute Gasteiger partial charge is 0.166 e. The fraction of sp³-hybridized carbons (Fsp3) is 0.375. The maximum Gasteiger partial charge on any atom is 0.485 e. The van der Waals surface area contributed by atoms with E-state index < -0.39 is 29.2 Å². The molecule has 0 aromatic heterocycles. The number of halogens is 6. The second-order valence-electron chi connectivity index (χ2n) is 2.69. The average molecular weight is 227 g/mol. The Hall–Kier alpha value is -1.27. The van der Waals surface area contributed by atoms with Crippen molar-refractivity contribution in [1.82, 2.24) is 4.99 Å². The second kappa shape index (κ2) is 3.39. The zero-order valence-electron chi connectivity index (χ0n) is 7.22. The van der Waals surface area contributed by atoms with Gasteiger partial charge in [-0.05, 0) is 12.5 Å². The van der Waals surface area contributed by atoms with Crippen molar-refractivity contribution in [3.8, 4) is 0 Å². The van der Waals surface area contributed by atoms with Gasteiger partial charge in [-0.1, -0.05) is 0 Å². The lowest BCUT2D eigenvalue weighted by Crippen LogP contribution is -2.28. The molecule has 0 bridgehead atoms. The molecular weight excluding hydrogens is 224 g/mol. The molecule has 0 atom stereocenters. The van der Waals surface area contributed by atoms with E-state index in [1.54, 1.807) is 6.21 Å². The summed E-state index contributed by atoms with van der Waals surface area (Å²) in [7, 11) is 0. The molecule has 3 radical (unpaired) electrons. The molecule has 0 N–H and O–H groups in total. The molecule has 0 unspecified atom stereocenters. The molecule has 7 heteroatoms. The van der Waals surface area contributed by atoms with Crippen molar-refractivity contribution in [2.75, 3.05) is 0 Å². The zero-order chi connectivity index (χ0) is 11.9. The number of alkyl halides is 6. The van der Waals surface area contributed by atoms with E-state index in [9.17, 15) is 26.3 Å². The minimum absolute atomic E-state index is 0.676. The summed E-state index contributed by atoms with van der Waals surface area (Å²) in [5.74, 6) is 0. The normalized spacial score (nSPS) is 18.2. The number of nitrogens with zero attached hydrogens (tertiary/aromatic N) is 1. The van der Waals surface area contributed by atoms with E-state index in [0.717, 1.165) is 6.92 Å². The van der Waals surface area contributed by atoms with Crippen molar-refractivity contribution in [2.45, 2.75) is 19.3 Å². The van der Waals surface area contributed by atoms with Crippen molar-refractivity contribution in [2.24, 2.45) is 0 Å². The number of hydrogen-bond donors (Lipinski definition) is 0. The third kappa shape index (κ3) is 2.40. The van der Waals surface area contributed by atoms with Crippen LogP contribution in [0, 0.1) is 6.08 Å². The van der Waals surface area contributed by atoms with Crippen LogP contribution in [-0.4, -0.2) is 18.6 Å². The highest BCUT2D eigenvalue weighted by molar-refractivity contribution is 5.71. The summed E-state index contributed by atoms with van der Waals surface area (Å²) < 4.78 is 73.3. The number of rotatable bonds is 0. The standard InChI is InChI=1S/C8H3F6N/c1-4-2-3-15-6(8(12,13)14)5(4)7(9,10)11/h1H3/q+1. The average Bonchev–Trinajstić information content (AvgIpc) is 1.99. The SMILES string of the molecule is CC1=[C][C]=[N+]C(C(F)(F)F)=C1C(F)(F)F. The van der Waals surface area contributed by atoms with E-state index in [2.05, 4.69) is 4.99 Å². The molecule has 0 fully saturated rings. The molecule has 0 aromatic rings. The molecule has 81 valence electrons. The van der Waals surface area contributed by atoms with Gasteiger partial charge >= 0.3 is 24.3 Å². The molecule has 1 aliphatic heterocycles. The Morgan fingerprint density at radius 2 is 1.53 bits per heavy atom. The molecule has 0 aromatic carbocycles. The molecule has 1 heterocycles. The molecule has 0 saturated carbocycles. The minimum Gasteiger partial charge on any atom is -0.166 e. The van der Waals surface area contributed by atoms with Gasteiger partial charge in [0.15, 0.2) is 0 Å². The van der Waals surface area contributed by atoms with Crippen molar-refractivity contribution in [1.29, 1.82) is 0 Å². The van der Waals surface area contributed by atoms with Gasteiger partial charge in [-0.2, -0.15) is 26.3 Å². The van der Waals surface area contributed by atoms with E-state index >= 15 is 0 Å². The van der Waals surface area contributed by atoms with Gasteiger partial charge in [0.1, 0.15) is 5.57 Å². The Labute approximate surface area is 80.8 Å². The Morgan fingerprint density at radius 1 is 1.00 bits per heavy atom. The van der Waals surface area contributed by atoms with Crippen LogP contribution in [0.2, 0.25) is 0 Å². The van der Waals surface area contributed by atoms with Crippen molar-refractivity contribution < 1.29 is 26.3 Å². The largest absolute Gasteiger partial charge is 0.485 e. The van der Waals surface area contributed by atoms with Crippen molar-refractivity contribution in [3.05, 3.63) is 22.9 Å². The maximum absolute atomic E-state index is 12.3. The predicted molar refractivity (Wildman–Crippen MR) is 38.7 cm³/mol. The highest BCUT2D eigenvalue weighted by Gasteiger charge is 2.54. The minimum atomic E-state index is -5.15. The van der Waals surface area contributed by atoms with Crippen LogP contribution in [0.15, 0.2) is 16.8 Å². The number of allylic oxidation sites excluding steroid dienone is 4. The van der Waals surface area contributed by atoms with E-state index in [-0.39, 0.29) is 0 Å². The fourth-order valence-corrected chi connectivity index (χ4v) is 1.02. The maximum atomic E-state index is 12.3. The summed E-state index contributed by atoms with van der Waals surface area (Å²) >= 11 is 0. The third-order valence-electron chi connectivity index (χ3n) is 1.57. The Kier molecular flexibility index (Phi) is 2.67. The summed E-state index contributed by atoms with van der Waals surface area (Å²) in [6, 6.07) is 0. The molecule has 1 rings (SSSR count). The Balaban J connectivity index is 3.40. The molecule has 0 spiro atoms. The van der Waals surface area contributed by atoms with Crippen LogP contribution in [0.5, 0.6) is 0 Å². The van der Waals surface area contributed by atoms with Crippen molar-refractivity contribution >= 4 is 6.21 Å². The van der Waals surface area contributed by atoms with Crippen LogP contribution in [0.1, 0.15) is 6.92 Å². The molecular formula is C8H3F6N+. The molecule has 0 aliphatic carbocycles. The number of hydrogen-bond acceptors (Lipinski definition) is 1. The fourth-order valence-electron chi connectivity index (χ4n) is 1.02. The topological polar surface area (TPSA) is 14.1 Å². The van der Waals surface area contributed by atoms with Gasteiger partial charge in [-0.25, -0.2) is 0 Å². The van der Waals surface area contributed by atoms with E-state index in [4.69, 9.17) is 0 Å². The summed E-state index contributed by atoms with van der Waals surface area (Å²) in [4.78, 5) is 2.55. The van der Waals surface area contributed by atoms with Crippen LogP contribution in [0.4, 0.5) is 26.3 Å². The molecule has 1 aliphatic rings. The summed E-state index contributed by atoms with van der Waals surface area (Å²) in [5.41, 5.74) is -4.47. The van der Waals surface area contributed by atoms with Gasteiger partial charge in [-0.3, -0.25) is 0 Å². The van der Waals surface area contributed by atoms with Crippen LogP contribution >= 0.6 is 0 Å². The molecule has 1 nitrogen and oxygen atoms in total. The van der Waals surface area contributed by atoms with Crippen LogP contribution < -0.4 is 4.99 Å². The first-order valence-corrected chi connectivity index (χ1v) is 3.58. The van der Waals surface area contributed by atoms with E-state index in [1.807, 2.05) is 6.08 Å². The van der Waals surface area contributed by atoms with Gasteiger partial charge < -0.3 is 0 Å². The lowest BCUT2D eigenvalue weighted by molar-refractivity contribution is -0.115. The third-order valence-corrected chi connectivity index (χ3v) is 1.57. The van der Waals surface area contributed by atoms with Gasteiger partial charge in [-0.15, -0.1) is 0 Å². The first-order valence-electron chi connectivity index (χ1n) is 3.58. The van der Waals surface area contributed by atoms with Crippen LogP contribution in [0.3, 0.4) is 0 Å². The quantitative estimate of drug-likeness (QED) is 0.564. The summed E-state index contributed by atoms with van der Waals surface area (Å²) in [6.45, 7) is 0.871. The second-order valence-corrected chi connectivity index (χ2v) is 2.69. The molecule has 0 saturated heterocycles. The number of aliphatic imine (C=N–C) groups is 1. The first-order chi connectivity index (χ1) is 6.64. The zero-order valence-corrected chi connectivity index (χ0v) is 7.22. The van der Waals surface area contributed by atoms with Gasteiger partial charge in [0.2, 0.25) is 0 Å². The molecule has 0 amide bonds. The van der Waals surface area contributed by atoms with Crippen LogP contribution in [-0.2, 0) is 0 Å².